The van der Waals surface area contributed by atoms with Crippen molar-refractivity contribution in [1.82, 2.24) is 25.1 Å². The zero-order valence-electron chi connectivity index (χ0n) is 17.8. The second kappa shape index (κ2) is 8.60. The first-order chi connectivity index (χ1) is 16.4. The number of nitrogens with one attached hydrogen (secondary N) is 2. The van der Waals surface area contributed by atoms with Gasteiger partial charge in [0.25, 0.3) is 0 Å². The van der Waals surface area contributed by atoms with Gasteiger partial charge in [0.1, 0.15) is 11.4 Å². The number of aromatic nitrogens is 5. The van der Waals surface area contributed by atoms with Crippen molar-refractivity contribution in [3.63, 3.8) is 0 Å². The highest BCUT2D eigenvalue weighted by molar-refractivity contribution is 7.91. The van der Waals surface area contributed by atoms with Crippen molar-refractivity contribution in [3.8, 4) is 34.5 Å². The second-order valence-electron chi connectivity index (χ2n) is 7.24. The summed E-state index contributed by atoms with van der Waals surface area (Å²) in [5.74, 6) is 0.714. The molecule has 0 atom stereocenters. The molecule has 2 N–H and O–H groups in total. The molecule has 0 amide bonds. The lowest BCUT2D eigenvalue weighted by Crippen LogP contribution is -2.05. The molecule has 0 unspecified atom stereocenters. The molecule has 0 aliphatic heterocycles. The van der Waals surface area contributed by atoms with Crippen LogP contribution in [0.15, 0.2) is 72.0 Å². The lowest BCUT2D eigenvalue weighted by Gasteiger charge is -2.13. The van der Waals surface area contributed by atoms with Crippen molar-refractivity contribution in [2.75, 3.05) is 5.75 Å². The quantitative estimate of drug-likeness (QED) is 0.341. The Bertz CT molecular complexity index is 1570. The molecular weight excluding hydrogens is 461 g/mol. The van der Waals surface area contributed by atoms with Crippen LogP contribution in [-0.4, -0.2) is 39.3 Å². The van der Waals surface area contributed by atoms with Crippen LogP contribution in [0.1, 0.15) is 6.92 Å². The summed E-state index contributed by atoms with van der Waals surface area (Å²) in [7, 11) is -3.44. The van der Waals surface area contributed by atoms with Crippen LogP contribution in [0.25, 0.3) is 22.6 Å². The summed E-state index contributed by atoms with van der Waals surface area (Å²) in [6, 6.07) is 13.9. The number of hydrogen-bond donors (Lipinski definition) is 2. The van der Waals surface area contributed by atoms with Crippen molar-refractivity contribution >= 4 is 20.9 Å². The van der Waals surface area contributed by atoms with Gasteiger partial charge in [-0.3, -0.25) is 5.10 Å². The van der Waals surface area contributed by atoms with Crippen molar-refractivity contribution in [2.45, 2.75) is 11.9 Å². The first kappa shape index (κ1) is 21.6. The first-order valence-electron chi connectivity index (χ1n) is 10.3. The lowest BCUT2D eigenvalue weighted by atomic mass is 10.2. The molecule has 3 heterocycles. The van der Waals surface area contributed by atoms with Crippen LogP contribution in [0.5, 0.6) is 23.0 Å². The molecule has 0 radical (unpaired) electrons. The fraction of sp³-hybridized carbons (Fsp3) is 0.0870. The lowest BCUT2D eigenvalue weighted by molar-refractivity contribution is 0.402. The number of benzene rings is 2. The number of fused-ring (bicyclic) bond motifs is 1. The Morgan fingerprint density at radius 2 is 1.82 bits per heavy atom. The summed E-state index contributed by atoms with van der Waals surface area (Å²) >= 11 is 0. The third-order valence-electron chi connectivity index (χ3n) is 5.00. The Kier molecular flexibility index (Phi) is 5.46. The first-order valence-corrected chi connectivity index (χ1v) is 11.9. The van der Waals surface area contributed by atoms with Crippen LogP contribution in [0.3, 0.4) is 0 Å². The molecule has 9 nitrogen and oxygen atoms in total. The summed E-state index contributed by atoms with van der Waals surface area (Å²) in [6.45, 7) is 1.55. The van der Waals surface area contributed by atoms with Crippen molar-refractivity contribution in [1.29, 1.82) is 0 Å². The van der Waals surface area contributed by atoms with Crippen LogP contribution in [0.2, 0.25) is 0 Å². The van der Waals surface area contributed by atoms with E-state index >= 15 is 0 Å². The van der Waals surface area contributed by atoms with Gasteiger partial charge in [0.05, 0.1) is 23.0 Å². The van der Waals surface area contributed by atoms with Gasteiger partial charge in [-0.2, -0.15) is 5.10 Å². The Balaban J connectivity index is 1.56. The molecule has 3 aromatic heterocycles. The summed E-state index contributed by atoms with van der Waals surface area (Å²) in [4.78, 5) is 11.7. The van der Waals surface area contributed by atoms with Gasteiger partial charge in [-0.25, -0.2) is 22.8 Å². The number of sulfone groups is 1. The zero-order chi connectivity index (χ0) is 23.7. The van der Waals surface area contributed by atoms with Gasteiger partial charge in [-0.1, -0.05) is 19.1 Å². The van der Waals surface area contributed by atoms with Crippen molar-refractivity contribution in [3.05, 3.63) is 72.8 Å². The number of ether oxygens (including phenoxy) is 2. The van der Waals surface area contributed by atoms with Crippen LogP contribution in [0.4, 0.5) is 4.39 Å². The fourth-order valence-electron chi connectivity index (χ4n) is 3.22. The smallest absolute Gasteiger partial charge is 0.195 e. The number of H-pyrrole nitrogens is 2. The number of rotatable bonds is 7. The molecule has 0 fully saturated rings. The number of pyridine rings is 1. The maximum atomic E-state index is 14.3. The van der Waals surface area contributed by atoms with Crippen LogP contribution in [-0.2, 0) is 9.84 Å². The topological polar surface area (TPSA) is 123 Å². The highest BCUT2D eigenvalue weighted by atomic mass is 32.2. The van der Waals surface area contributed by atoms with E-state index in [4.69, 9.17) is 9.47 Å². The molecule has 0 saturated carbocycles. The van der Waals surface area contributed by atoms with Crippen molar-refractivity contribution in [2.24, 2.45) is 0 Å². The Morgan fingerprint density at radius 3 is 2.53 bits per heavy atom. The fourth-order valence-corrected chi connectivity index (χ4v) is 4.01. The highest BCUT2D eigenvalue weighted by Crippen LogP contribution is 2.39. The van der Waals surface area contributed by atoms with Gasteiger partial charge in [0.15, 0.2) is 43.8 Å². The maximum Gasteiger partial charge on any atom is 0.195 e. The van der Waals surface area contributed by atoms with Crippen LogP contribution < -0.4 is 9.47 Å². The number of nitrogens with zero attached hydrogens (tertiary/aromatic N) is 3. The van der Waals surface area contributed by atoms with Crippen LogP contribution >= 0.6 is 0 Å². The van der Waals surface area contributed by atoms with Gasteiger partial charge in [0.2, 0.25) is 0 Å². The van der Waals surface area contributed by atoms with E-state index in [2.05, 4.69) is 25.1 Å². The minimum absolute atomic E-state index is 0.0125. The van der Waals surface area contributed by atoms with Gasteiger partial charge >= 0.3 is 0 Å². The SMILES string of the molecule is CCS(=O)(=O)c1ccc(Oc2cc3[nH]c(-c4ccn[nH]4)nc3cc2Oc2ccccc2F)cn1. The van der Waals surface area contributed by atoms with E-state index in [1.54, 1.807) is 43.5 Å². The highest BCUT2D eigenvalue weighted by Gasteiger charge is 2.17. The Hall–Kier alpha value is -4.25. The number of para-hydroxylation sites is 1. The molecule has 172 valence electrons. The largest absolute Gasteiger partial charge is 0.452 e. The zero-order valence-corrected chi connectivity index (χ0v) is 18.6. The molecule has 0 spiro atoms. The van der Waals surface area contributed by atoms with E-state index in [0.29, 0.717) is 22.6 Å². The molecule has 5 aromatic rings. The minimum atomic E-state index is -3.44. The summed E-state index contributed by atoms with van der Waals surface area (Å²) < 4.78 is 50.1. The molecular formula is C23H18FN5O4S. The predicted octanol–water partition coefficient (Wildman–Crippen LogP) is 4.87. The van der Waals surface area contributed by atoms with Crippen LogP contribution in [0, 0.1) is 5.82 Å². The Labute approximate surface area is 193 Å². The van der Waals surface area contributed by atoms with E-state index in [9.17, 15) is 12.8 Å². The van der Waals surface area contributed by atoms with Gasteiger partial charge in [0, 0.05) is 18.3 Å². The predicted molar refractivity (Wildman–Crippen MR) is 122 cm³/mol. The third-order valence-corrected chi connectivity index (χ3v) is 6.63. The second-order valence-corrected chi connectivity index (χ2v) is 9.47. The molecule has 5 rings (SSSR count). The molecule has 0 saturated heterocycles. The van der Waals surface area contributed by atoms with E-state index in [1.165, 1.54) is 30.5 Å². The van der Waals surface area contributed by atoms with E-state index in [0.717, 1.165) is 0 Å². The molecule has 11 heteroatoms. The summed E-state index contributed by atoms with van der Waals surface area (Å²) in [6.07, 6.45) is 2.92. The number of aromatic amines is 2. The van der Waals surface area contributed by atoms with E-state index in [-0.39, 0.29) is 33.8 Å². The number of hydrogen-bond acceptors (Lipinski definition) is 7. The molecule has 0 aliphatic rings. The number of halogens is 1. The van der Waals surface area contributed by atoms with Crippen molar-refractivity contribution < 1.29 is 22.3 Å². The normalized spacial score (nSPS) is 11.6. The standard InChI is InChI=1S/C23H18FN5O4S/c1-2-34(30,31)22-8-7-14(13-25-22)32-20-11-17-18(28-23(27-17)16-9-10-26-29-16)12-21(20)33-19-6-4-3-5-15(19)24/h3-13H,2H2,1H3,(H,26,29)(H,27,28). The third kappa shape index (κ3) is 4.20. The monoisotopic (exact) mass is 479 g/mol. The molecule has 0 aliphatic carbocycles. The summed E-state index contributed by atoms with van der Waals surface area (Å²) in [5.41, 5.74) is 1.89. The molecule has 34 heavy (non-hydrogen) atoms. The molecule has 2 aromatic carbocycles. The van der Waals surface area contributed by atoms with E-state index in [1.807, 2.05) is 0 Å². The maximum absolute atomic E-state index is 14.3. The van der Waals surface area contributed by atoms with Gasteiger partial charge in [-0.15, -0.1) is 0 Å². The van der Waals surface area contributed by atoms with Gasteiger partial charge < -0.3 is 14.5 Å². The van der Waals surface area contributed by atoms with Gasteiger partial charge in [-0.05, 0) is 30.3 Å². The number of imidazole rings is 1. The minimum Gasteiger partial charge on any atom is -0.452 e. The van der Waals surface area contributed by atoms with E-state index < -0.39 is 15.7 Å². The molecule has 0 bridgehead atoms. The average Bonchev–Trinajstić information content (AvgIpc) is 3.51. The average molecular weight is 479 g/mol. The summed E-state index contributed by atoms with van der Waals surface area (Å²) in [5, 5.41) is 6.73. The Morgan fingerprint density at radius 1 is 1.00 bits per heavy atom.